The molecule has 1 fully saturated rings. The van der Waals surface area contributed by atoms with E-state index in [2.05, 4.69) is 32.7 Å². The minimum atomic E-state index is -0.115. The molecule has 2 aromatic rings. The highest BCUT2D eigenvalue weighted by Gasteiger charge is 2.29. The van der Waals surface area contributed by atoms with Crippen LogP contribution >= 0.6 is 35.6 Å². The van der Waals surface area contributed by atoms with Crippen LogP contribution in [-0.4, -0.2) is 48.4 Å². The molecule has 3 rings (SSSR count). The Hall–Kier alpha value is -1.39. The molecule has 2 N–H and O–H groups in total. The van der Waals surface area contributed by atoms with Crippen molar-refractivity contribution in [2.45, 2.75) is 31.8 Å². The Labute approximate surface area is 181 Å². The number of hydrogen-bond acceptors (Lipinski definition) is 5. The lowest BCUT2D eigenvalue weighted by atomic mass is 10.0. The molecule has 1 atom stereocenters. The summed E-state index contributed by atoms with van der Waals surface area (Å²) in [5.74, 6) is 1.83. The average molecular weight is 506 g/mol. The minimum Gasteiger partial charge on any atom is -0.373 e. The fourth-order valence-electron chi connectivity index (χ4n) is 2.86. The number of rotatable bonds is 6. The predicted octanol–water partition coefficient (Wildman–Crippen LogP) is 3.28. The molecule has 0 spiro atoms. The van der Waals surface area contributed by atoms with Crippen molar-refractivity contribution in [3.05, 3.63) is 35.2 Å². The van der Waals surface area contributed by atoms with Crippen LogP contribution in [0.1, 0.15) is 25.7 Å². The largest absolute Gasteiger partial charge is 0.373 e. The second-order valence-electron chi connectivity index (χ2n) is 6.53. The van der Waals surface area contributed by atoms with E-state index in [0.717, 1.165) is 37.5 Å². The Morgan fingerprint density at radius 1 is 1.37 bits per heavy atom. The monoisotopic (exact) mass is 505 g/mol. The molecule has 7 nitrogen and oxygen atoms in total. The molecule has 1 saturated heterocycles. The first-order chi connectivity index (χ1) is 12.6. The number of aromatic nitrogens is 2. The second kappa shape index (κ2) is 10.2. The van der Waals surface area contributed by atoms with Crippen LogP contribution in [0.25, 0.3) is 11.4 Å². The van der Waals surface area contributed by atoms with Crippen LogP contribution in [0.2, 0.25) is 5.02 Å². The van der Waals surface area contributed by atoms with Gasteiger partial charge in [-0.2, -0.15) is 4.98 Å². The van der Waals surface area contributed by atoms with Gasteiger partial charge in [-0.05, 0) is 31.9 Å². The van der Waals surface area contributed by atoms with E-state index in [-0.39, 0.29) is 29.6 Å². The zero-order chi connectivity index (χ0) is 18.4. The first-order valence-electron chi connectivity index (χ1n) is 8.75. The van der Waals surface area contributed by atoms with Gasteiger partial charge in [0.25, 0.3) is 0 Å². The smallest absolute Gasteiger partial charge is 0.228 e. The summed E-state index contributed by atoms with van der Waals surface area (Å²) in [7, 11) is 1.75. The van der Waals surface area contributed by atoms with E-state index < -0.39 is 0 Å². The third kappa shape index (κ3) is 6.32. The van der Waals surface area contributed by atoms with Gasteiger partial charge in [0.15, 0.2) is 5.96 Å². The van der Waals surface area contributed by atoms with Gasteiger partial charge >= 0.3 is 0 Å². The molecule has 0 bridgehead atoms. The number of benzene rings is 1. The summed E-state index contributed by atoms with van der Waals surface area (Å²) in [4.78, 5) is 8.64. The van der Waals surface area contributed by atoms with Crippen LogP contribution in [0.4, 0.5) is 0 Å². The van der Waals surface area contributed by atoms with Gasteiger partial charge in [0.1, 0.15) is 0 Å². The van der Waals surface area contributed by atoms with Gasteiger partial charge in [-0.3, -0.25) is 4.99 Å². The van der Waals surface area contributed by atoms with Crippen LogP contribution in [-0.2, 0) is 11.2 Å². The number of guanidine groups is 1. The molecule has 148 valence electrons. The molecule has 0 aliphatic carbocycles. The lowest BCUT2D eigenvalue weighted by Crippen LogP contribution is -2.45. The zero-order valence-electron chi connectivity index (χ0n) is 15.5. The number of nitrogens with one attached hydrogen (secondary N) is 2. The lowest BCUT2D eigenvalue weighted by molar-refractivity contribution is 0.0243. The van der Waals surface area contributed by atoms with Crippen LogP contribution in [0.5, 0.6) is 0 Å². The number of aliphatic imine (C=N–C) groups is 1. The third-order valence-electron chi connectivity index (χ3n) is 4.34. The summed E-state index contributed by atoms with van der Waals surface area (Å²) in [5, 5.41) is 11.2. The first-order valence-corrected chi connectivity index (χ1v) is 9.13. The average Bonchev–Trinajstić information content (AvgIpc) is 3.28. The molecule has 0 saturated carbocycles. The molecule has 1 aromatic carbocycles. The summed E-state index contributed by atoms with van der Waals surface area (Å²) in [6.07, 6.45) is 2.77. The molecular weight excluding hydrogens is 481 g/mol. The molecule has 2 heterocycles. The topological polar surface area (TPSA) is 84.6 Å². The fourth-order valence-corrected chi connectivity index (χ4v) is 3.05. The lowest BCUT2D eigenvalue weighted by Gasteiger charge is -2.24. The van der Waals surface area contributed by atoms with Crippen molar-refractivity contribution in [2.75, 3.05) is 26.7 Å². The molecule has 0 radical (unpaired) electrons. The maximum atomic E-state index is 6.00. The van der Waals surface area contributed by atoms with Gasteiger partial charge in [0.2, 0.25) is 11.7 Å². The Kier molecular flexibility index (Phi) is 8.30. The van der Waals surface area contributed by atoms with Crippen molar-refractivity contribution in [1.29, 1.82) is 0 Å². The highest BCUT2D eigenvalue weighted by molar-refractivity contribution is 14.0. The molecule has 27 heavy (non-hydrogen) atoms. The summed E-state index contributed by atoms with van der Waals surface area (Å²) >= 11 is 6.00. The predicted molar refractivity (Wildman–Crippen MR) is 117 cm³/mol. The minimum absolute atomic E-state index is 0. The van der Waals surface area contributed by atoms with Crippen LogP contribution in [0.3, 0.4) is 0 Å². The van der Waals surface area contributed by atoms with E-state index >= 15 is 0 Å². The Bertz CT molecular complexity index is 762. The van der Waals surface area contributed by atoms with Crippen molar-refractivity contribution in [3.8, 4) is 11.4 Å². The summed E-state index contributed by atoms with van der Waals surface area (Å²) in [5.41, 5.74) is 0.721. The summed E-state index contributed by atoms with van der Waals surface area (Å²) in [6, 6.07) is 7.38. The number of nitrogens with zero attached hydrogens (tertiary/aromatic N) is 3. The van der Waals surface area contributed by atoms with Crippen LogP contribution in [0, 0.1) is 0 Å². The van der Waals surface area contributed by atoms with Crippen LogP contribution in [0.15, 0.2) is 33.8 Å². The second-order valence-corrected chi connectivity index (χ2v) is 6.96. The van der Waals surface area contributed by atoms with Crippen molar-refractivity contribution < 1.29 is 9.26 Å². The summed E-state index contributed by atoms with van der Waals surface area (Å²) < 4.78 is 11.1. The SMILES string of the molecule is CN=C(NCCc1nc(-c2cccc(Cl)c2)no1)NCC1(C)CCCO1.I. The Morgan fingerprint density at radius 2 is 2.22 bits per heavy atom. The van der Waals surface area contributed by atoms with E-state index in [9.17, 15) is 0 Å². The van der Waals surface area contributed by atoms with Gasteiger partial charge in [0, 0.05) is 43.8 Å². The van der Waals surface area contributed by atoms with Crippen molar-refractivity contribution in [2.24, 2.45) is 4.99 Å². The van der Waals surface area contributed by atoms with Gasteiger partial charge in [-0.25, -0.2) is 0 Å². The van der Waals surface area contributed by atoms with E-state index in [1.165, 1.54) is 0 Å². The molecule has 1 unspecified atom stereocenters. The highest BCUT2D eigenvalue weighted by atomic mass is 127. The number of ether oxygens (including phenoxy) is 1. The van der Waals surface area contributed by atoms with Gasteiger partial charge in [-0.15, -0.1) is 24.0 Å². The number of hydrogen-bond donors (Lipinski definition) is 2. The van der Waals surface area contributed by atoms with Gasteiger partial charge in [0.05, 0.1) is 5.60 Å². The standard InChI is InChI=1S/C18H24ClN5O2.HI/c1-18(8-4-10-25-18)12-22-17(20-2)21-9-7-15-23-16(24-26-15)13-5-3-6-14(19)11-13;/h3,5-6,11H,4,7-10,12H2,1-2H3,(H2,20,21,22);1H. The van der Waals surface area contributed by atoms with E-state index in [4.69, 9.17) is 20.9 Å². The number of halogens is 2. The molecule has 1 aliphatic heterocycles. The Balaban J connectivity index is 0.00000261. The third-order valence-corrected chi connectivity index (χ3v) is 4.57. The first kappa shape index (κ1) is 21.9. The maximum absolute atomic E-state index is 6.00. The molecule has 1 aromatic heterocycles. The molecular formula is C18H25ClIN5O2. The van der Waals surface area contributed by atoms with Crippen molar-refractivity contribution in [1.82, 2.24) is 20.8 Å². The molecule has 1 aliphatic rings. The molecule has 0 amide bonds. The quantitative estimate of drug-likeness (QED) is 0.356. The summed E-state index contributed by atoms with van der Waals surface area (Å²) in [6.45, 7) is 4.31. The maximum Gasteiger partial charge on any atom is 0.228 e. The highest BCUT2D eigenvalue weighted by Crippen LogP contribution is 2.23. The normalized spacial score (nSPS) is 19.6. The van der Waals surface area contributed by atoms with Crippen molar-refractivity contribution in [3.63, 3.8) is 0 Å². The van der Waals surface area contributed by atoms with E-state index in [0.29, 0.717) is 29.7 Å². The van der Waals surface area contributed by atoms with Crippen molar-refractivity contribution >= 4 is 41.5 Å². The fraction of sp³-hybridized carbons (Fsp3) is 0.500. The van der Waals surface area contributed by atoms with E-state index in [1.807, 2.05) is 24.3 Å². The Morgan fingerprint density at radius 3 is 2.93 bits per heavy atom. The zero-order valence-corrected chi connectivity index (χ0v) is 18.6. The molecule has 9 heteroatoms. The van der Waals surface area contributed by atoms with Crippen LogP contribution < -0.4 is 10.6 Å². The van der Waals surface area contributed by atoms with E-state index in [1.54, 1.807) is 7.05 Å². The van der Waals surface area contributed by atoms with Gasteiger partial charge in [-0.1, -0.05) is 28.9 Å². The van der Waals surface area contributed by atoms with Gasteiger partial charge < -0.3 is 19.9 Å².